The molecule has 1 aromatic carbocycles. The molecule has 1 fully saturated rings. The number of fused-ring (bicyclic) bond motifs is 1. The molecule has 0 saturated carbocycles. The maximum Gasteiger partial charge on any atom is 0.320 e. The van der Waals surface area contributed by atoms with E-state index in [1.165, 1.54) is 31.5 Å². The Kier molecular flexibility index (Phi) is 6.87. The number of nitrogens with two attached hydrogens (primary N) is 1. The average molecular weight is 475 g/mol. The van der Waals surface area contributed by atoms with E-state index in [9.17, 15) is 4.79 Å². The molecule has 4 heterocycles. The number of pyridine rings is 1. The monoisotopic (exact) mass is 474 g/mol. The van der Waals surface area contributed by atoms with Gasteiger partial charge in [0.1, 0.15) is 18.2 Å². The fourth-order valence-electron chi connectivity index (χ4n) is 4.52. The third-order valence-corrected chi connectivity index (χ3v) is 6.42. The number of carbonyl (C=O) groups excluding carboxylic acids is 1. The van der Waals surface area contributed by atoms with Gasteiger partial charge in [-0.1, -0.05) is 30.3 Å². The Morgan fingerprint density at radius 1 is 0.971 bits per heavy atom. The van der Waals surface area contributed by atoms with E-state index in [2.05, 4.69) is 32.0 Å². The molecule has 2 aliphatic heterocycles. The number of carbonyl (C=O) groups is 1. The number of anilines is 2. The first-order valence-electron chi connectivity index (χ1n) is 12.0. The Bertz CT molecular complexity index is 1180. The molecule has 35 heavy (non-hydrogen) atoms. The van der Waals surface area contributed by atoms with Crippen LogP contribution in [0.1, 0.15) is 29.5 Å². The zero-order valence-electron chi connectivity index (χ0n) is 19.9. The maximum atomic E-state index is 12.7. The van der Waals surface area contributed by atoms with Gasteiger partial charge in [0.05, 0.1) is 25.3 Å². The van der Waals surface area contributed by atoms with Crippen molar-refractivity contribution in [3.8, 4) is 17.3 Å². The van der Waals surface area contributed by atoms with E-state index < -0.39 is 0 Å². The highest BCUT2D eigenvalue weighted by Crippen LogP contribution is 2.33. The molecular formula is C26H30N6O3. The number of hydrogen-bond donors (Lipinski definition) is 1. The molecule has 2 N–H and O–H groups in total. The van der Waals surface area contributed by atoms with Crippen molar-refractivity contribution in [1.82, 2.24) is 19.9 Å². The van der Waals surface area contributed by atoms with Gasteiger partial charge in [0.15, 0.2) is 0 Å². The molecular weight excluding hydrogens is 444 g/mol. The molecule has 0 radical (unpaired) electrons. The number of nitrogens with zero attached hydrogens (tertiary/aromatic N) is 5. The molecule has 0 spiro atoms. The summed E-state index contributed by atoms with van der Waals surface area (Å²) in [6.07, 6.45) is 4.73. The molecule has 0 bridgehead atoms. The second-order valence-electron chi connectivity index (χ2n) is 8.92. The first-order chi connectivity index (χ1) is 17.1. The lowest BCUT2D eigenvalue weighted by molar-refractivity contribution is -0.117. The summed E-state index contributed by atoms with van der Waals surface area (Å²) in [7, 11) is 1.59. The second-order valence-corrected chi connectivity index (χ2v) is 8.92. The predicted octanol–water partition coefficient (Wildman–Crippen LogP) is 2.83. The Balaban J connectivity index is 1.27. The number of amides is 1. The van der Waals surface area contributed by atoms with Crippen molar-refractivity contribution in [2.24, 2.45) is 0 Å². The number of ether oxygens (including phenoxy) is 2. The van der Waals surface area contributed by atoms with E-state index in [1.54, 1.807) is 12.0 Å². The minimum atomic E-state index is -0.0608. The lowest BCUT2D eigenvalue weighted by Crippen LogP contribution is -2.26. The van der Waals surface area contributed by atoms with Gasteiger partial charge in [-0.25, -0.2) is 0 Å². The van der Waals surface area contributed by atoms with Crippen LogP contribution in [0.2, 0.25) is 0 Å². The zero-order valence-corrected chi connectivity index (χ0v) is 19.9. The van der Waals surface area contributed by atoms with Gasteiger partial charge in [-0.05, 0) is 43.1 Å². The van der Waals surface area contributed by atoms with Crippen LogP contribution in [0.3, 0.4) is 0 Å². The number of nitrogen functional groups attached to an aromatic ring is 1. The molecule has 2 aliphatic rings. The van der Waals surface area contributed by atoms with E-state index in [4.69, 9.17) is 15.2 Å². The van der Waals surface area contributed by atoms with Crippen LogP contribution in [0.5, 0.6) is 6.01 Å². The van der Waals surface area contributed by atoms with Crippen LogP contribution < -0.4 is 15.4 Å². The van der Waals surface area contributed by atoms with Gasteiger partial charge in [0.2, 0.25) is 5.91 Å². The number of benzene rings is 1. The first kappa shape index (κ1) is 23.2. The van der Waals surface area contributed by atoms with Crippen LogP contribution in [-0.2, 0) is 29.0 Å². The molecule has 3 aromatic rings. The Morgan fingerprint density at radius 3 is 2.46 bits per heavy atom. The molecule has 1 saturated heterocycles. The fourth-order valence-corrected chi connectivity index (χ4v) is 4.52. The number of rotatable bonds is 9. The summed E-state index contributed by atoms with van der Waals surface area (Å²) in [6, 6.07) is 12.5. The molecule has 9 nitrogen and oxygen atoms in total. The highest BCUT2D eigenvalue weighted by atomic mass is 16.5. The second kappa shape index (κ2) is 10.4. The van der Waals surface area contributed by atoms with Gasteiger partial charge in [-0.2, -0.15) is 9.97 Å². The minimum absolute atomic E-state index is 0.0608. The molecule has 1 amide bonds. The predicted molar refractivity (Wildman–Crippen MR) is 133 cm³/mol. The van der Waals surface area contributed by atoms with Crippen LogP contribution in [-0.4, -0.2) is 59.2 Å². The normalized spacial score (nSPS) is 15.6. The third-order valence-electron chi connectivity index (χ3n) is 6.42. The van der Waals surface area contributed by atoms with Gasteiger partial charge < -0.3 is 15.2 Å². The number of methoxy groups -OCH3 is 1. The van der Waals surface area contributed by atoms with Crippen molar-refractivity contribution >= 4 is 17.5 Å². The highest BCUT2D eigenvalue weighted by molar-refractivity contribution is 6.01. The van der Waals surface area contributed by atoms with Crippen molar-refractivity contribution in [3.63, 3.8) is 0 Å². The van der Waals surface area contributed by atoms with E-state index in [-0.39, 0.29) is 24.2 Å². The standard InChI is InChI=1S/C26H30N6O3/c1-34-12-13-35-26-29-24(27)21-14-23(33)32(25(21)30-26)17-18-4-7-20(8-5-18)22-9-6-19(15-28-22)16-31-10-2-3-11-31/h4-9,15H,2-3,10-14,16-17H2,1H3,(H2,27,29,30). The number of likely N-dealkylation sites (tertiary alicyclic amines) is 1. The van der Waals surface area contributed by atoms with Gasteiger partial charge in [0, 0.05) is 31.0 Å². The summed E-state index contributed by atoms with van der Waals surface area (Å²) in [5.41, 5.74) is 10.9. The SMILES string of the molecule is COCCOc1nc(N)c2c(n1)N(Cc1ccc(-c3ccc(CN4CCCC4)cn3)cc1)C(=O)C2. The summed E-state index contributed by atoms with van der Waals surface area (Å²) in [4.78, 5) is 30.1. The van der Waals surface area contributed by atoms with E-state index in [1.807, 2.05) is 30.5 Å². The van der Waals surface area contributed by atoms with Gasteiger partial charge >= 0.3 is 6.01 Å². The fraction of sp³-hybridized carbons (Fsp3) is 0.385. The van der Waals surface area contributed by atoms with Crippen molar-refractivity contribution in [1.29, 1.82) is 0 Å². The molecule has 2 aromatic heterocycles. The molecule has 5 rings (SSSR count). The Morgan fingerprint density at radius 2 is 1.74 bits per heavy atom. The molecule has 182 valence electrons. The van der Waals surface area contributed by atoms with E-state index >= 15 is 0 Å². The van der Waals surface area contributed by atoms with Gasteiger partial charge in [0.25, 0.3) is 0 Å². The summed E-state index contributed by atoms with van der Waals surface area (Å²) in [6.45, 7) is 4.41. The maximum absolute atomic E-state index is 12.7. The quantitative estimate of drug-likeness (QED) is 0.472. The lowest BCUT2D eigenvalue weighted by Gasteiger charge is -2.17. The van der Waals surface area contributed by atoms with E-state index in [0.717, 1.165) is 23.4 Å². The van der Waals surface area contributed by atoms with Crippen LogP contribution in [0.25, 0.3) is 11.3 Å². The molecule has 0 atom stereocenters. The van der Waals surface area contributed by atoms with Crippen molar-refractivity contribution in [3.05, 3.63) is 59.3 Å². The summed E-state index contributed by atoms with van der Waals surface area (Å²) in [5.74, 6) is 0.719. The largest absolute Gasteiger partial charge is 0.461 e. The minimum Gasteiger partial charge on any atom is -0.461 e. The van der Waals surface area contributed by atoms with Crippen LogP contribution in [0, 0.1) is 0 Å². The van der Waals surface area contributed by atoms with E-state index in [0.29, 0.717) is 31.1 Å². The molecule has 9 heteroatoms. The van der Waals surface area contributed by atoms with Gasteiger partial charge in [-0.3, -0.25) is 19.6 Å². The van der Waals surface area contributed by atoms with Crippen molar-refractivity contribution in [2.75, 3.05) is 44.0 Å². The number of aromatic nitrogens is 3. The summed E-state index contributed by atoms with van der Waals surface area (Å²) >= 11 is 0. The summed E-state index contributed by atoms with van der Waals surface area (Å²) in [5, 5.41) is 0. The van der Waals surface area contributed by atoms with Gasteiger partial charge in [-0.15, -0.1) is 0 Å². The summed E-state index contributed by atoms with van der Waals surface area (Å²) < 4.78 is 10.5. The average Bonchev–Trinajstić information content (AvgIpc) is 3.49. The Hall–Kier alpha value is -3.56. The first-order valence-corrected chi connectivity index (χ1v) is 12.0. The topological polar surface area (TPSA) is 107 Å². The lowest BCUT2D eigenvalue weighted by atomic mass is 10.1. The Labute approximate surface area is 204 Å². The number of hydrogen-bond acceptors (Lipinski definition) is 8. The van der Waals surface area contributed by atoms with Crippen LogP contribution >= 0.6 is 0 Å². The third kappa shape index (κ3) is 5.26. The molecule has 0 unspecified atom stereocenters. The zero-order chi connectivity index (χ0) is 24.2. The van der Waals surface area contributed by atoms with Crippen molar-refractivity contribution < 1.29 is 14.3 Å². The van der Waals surface area contributed by atoms with Crippen LogP contribution in [0.4, 0.5) is 11.6 Å². The van der Waals surface area contributed by atoms with Crippen molar-refractivity contribution in [2.45, 2.75) is 32.4 Å². The smallest absolute Gasteiger partial charge is 0.320 e. The van der Waals surface area contributed by atoms with Crippen LogP contribution in [0.15, 0.2) is 42.6 Å². The highest BCUT2D eigenvalue weighted by Gasteiger charge is 2.32. The molecule has 0 aliphatic carbocycles.